The van der Waals surface area contributed by atoms with E-state index in [-0.39, 0.29) is 5.60 Å². The van der Waals surface area contributed by atoms with Crippen LogP contribution in [0.3, 0.4) is 0 Å². The van der Waals surface area contributed by atoms with Crippen LogP contribution in [0.5, 0.6) is 0 Å². The summed E-state index contributed by atoms with van der Waals surface area (Å²) in [6.07, 6.45) is 2.75. The standard InChI is InChI=1S/C10H13NOS/c1-11-6-8-9-7(2-5-13-9)10(12-8)3-4-10/h2,5,8,11H,3-4,6H2,1H3. The van der Waals surface area contributed by atoms with Gasteiger partial charge in [0.1, 0.15) is 6.10 Å². The molecule has 1 unspecified atom stereocenters. The molecule has 1 aliphatic carbocycles. The third-order valence-electron chi connectivity index (χ3n) is 2.94. The zero-order valence-corrected chi connectivity index (χ0v) is 8.49. The lowest BCUT2D eigenvalue weighted by atomic mass is 10.1. The van der Waals surface area contributed by atoms with Crippen molar-refractivity contribution in [1.29, 1.82) is 0 Å². The molecule has 0 radical (unpaired) electrons. The minimum Gasteiger partial charge on any atom is -0.360 e. The van der Waals surface area contributed by atoms with Crippen molar-refractivity contribution in [1.82, 2.24) is 5.32 Å². The first-order chi connectivity index (χ1) is 6.36. The molecule has 0 bridgehead atoms. The Morgan fingerprint density at radius 2 is 2.54 bits per heavy atom. The molecular weight excluding hydrogens is 182 g/mol. The normalized spacial score (nSPS) is 27.9. The third kappa shape index (κ3) is 1.01. The molecule has 1 atom stereocenters. The Balaban J connectivity index is 1.97. The SMILES string of the molecule is CNCC1OC2(CC2)c2ccsc21. The van der Waals surface area contributed by atoms with Gasteiger partial charge in [0.25, 0.3) is 0 Å². The molecule has 1 fully saturated rings. The van der Waals surface area contributed by atoms with E-state index in [0.717, 1.165) is 6.54 Å². The smallest absolute Gasteiger partial charge is 0.106 e. The molecule has 1 aromatic rings. The molecule has 1 aliphatic heterocycles. The maximum atomic E-state index is 6.06. The molecule has 1 spiro atoms. The molecule has 0 amide bonds. The monoisotopic (exact) mass is 195 g/mol. The highest BCUT2D eigenvalue weighted by Crippen LogP contribution is 2.59. The maximum Gasteiger partial charge on any atom is 0.106 e. The molecular formula is C10H13NOS. The van der Waals surface area contributed by atoms with Gasteiger partial charge in [-0.05, 0) is 31.3 Å². The fourth-order valence-electron chi connectivity index (χ4n) is 2.16. The van der Waals surface area contributed by atoms with E-state index in [4.69, 9.17) is 4.74 Å². The van der Waals surface area contributed by atoms with Crippen molar-refractivity contribution in [2.75, 3.05) is 13.6 Å². The topological polar surface area (TPSA) is 21.3 Å². The van der Waals surface area contributed by atoms with Crippen LogP contribution in [0.2, 0.25) is 0 Å². The predicted octanol–water partition coefficient (Wildman–Crippen LogP) is 2.03. The van der Waals surface area contributed by atoms with Crippen LogP contribution < -0.4 is 5.32 Å². The average molecular weight is 195 g/mol. The third-order valence-corrected chi connectivity index (χ3v) is 3.95. The molecule has 2 aliphatic rings. The minimum atomic E-state index is 0.150. The zero-order valence-electron chi connectivity index (χ0n) is 7.67. The van der Waals surface area contributed by atoms with Crippen LogP contribution in [0.15, 0.2) is 11.4 Å². The lowest BCUT2D eigenvalue weighted by molar-refractivity contribution is -0.00578. The van der Waals surface area contributed by atoms with Gasteiger partial charge in [0.05, 0.1) is 5.60 Å². The Morgan fingerprint density at radius 1 is 1.69 bits per heavy atom. The number of thiophene rings is 1. The van der Waals surface area contributed by atoms with E-state index in [1.54, 1.807) is 0 Å². The van der Waals surface area contributed by atoms with Crippen molar-refractivity contribution >= 4 is 11.3 Å². The van der Waals surface area contributed by atoms with Gasteiger partial charge in [-0.15, -0.1) is 11.3 Å². The summed E-state index contributed by atoms with van der Waals surface area (Å²) in [7, 11) is 1.98. The zero-order chi connectivity index (χ0) is 8.89. The van der Waals surface area contributed by atoms with Gasteiger partial charge in [-0.1, -0.05) is 0 Å². The second-order valence-electron chi connectivity index (χ2n) is 3.86. The second kappa shape index (κ2) is 2.56. The molecule has 3 heteroatoms. The fourth-order valence-corrected chi connectivity index (χ4v) is 3.17. The molecule has 3 rings (SSSR count). The van der Waals surface area contributed by atoms with Crippen LogP contribution in [0.4, 0.5) is 0 Å². The van der Waals surface area contributed by atoms with Crippen LogP contribution >= 0.6 is 11.3 Å². The van der Waals surface area contributed by atoms with E-state index in [1.807, 2.05) is 18.4 Å². The first kappa shape index (κ1) is 7.97. The van der Waals surface area contributed by atoms with Crippen LogP contribution in [0.25, 0.3) is 0 Å². The highest BCUT2D eigenvalue weighted by atomic mass is 32.1. The Hall–Kier alpha value is -0.380. The van der Waals surface area contributed by atoms with Crippen molar-refractivity contribution in [3.05, 3.63) is 21.9 Å². The number of hydrogen-bond acceptors (Lipinski definition) is 3. The van der Waals surface area contributed by atoms with E-state index in [2.05, 4.69) is 16.8 Å². The summed E-state index contributed by atoms with van der Waals surface area (Å²) in [4.78, 5) is 1.45. The fraction of sp³-hybridized carbons (Fsp3) is 0.600. The molecule has 1 N–H and O–H groups in total. The molecule has 2 nitrogen and oxygen atoms in total. The second-order valence-corrected chi connectivity index (χ2v) is 4.80. The van der Waals surface area contributed by atoms with E-state index in [9.17, 15) is 0 Å². The van der Waals surface area contributed by atoms with Crippen molar-refractivity contribution < 1.29 is 4.74 Å². The van der Waals surface area contributed by atoms with Crippen molar-refractivity contribution in [3.63, 3.8) is 0 Å². The summed E-state index contributed by atoms with van der Waals surface area (Å²) >= 11 is 1.84. The number of fused-ring (bicyclic) bond motifs is 2. The van der Waals surface area contributed by atoms with Crippen molar-refractivity contribution in [2.24, 2.45) is 0 Å². The predicted molar refractivity (Wildman–Crippen MR) is 53.0 cm³/mol. The number of nitrogens with one attached hydrogen (secondary N) is 1. The van der Waals surface area contributed by atoms with Gasteiger partial charge in [0.2, 0.25) is 0 Å². The summed E-state index contributed by atoms with van der Waals surface area (Å²) in [6, 6.07) is 2.24. The number of rotatable bonds is 2. The Morgan fingerprint density at radius 3 is 3.23 bits per heavy atom. The van der Waals surface area contributed by atoms with Crippen molar-refractivity contribution in [2.45, 2.75) is 24.5 Å². The quantitative estimate of drug-likeness (QED) is 0.779. The largest absolute Gasteiger partial charge is 0.360 e. The summed E-state index contributed by atoms with van der Waals surface area (Å²) in [5, 5.41) is 5.38. The lowest BCUT2D eigenvalue weighted by Crippen LogP contribution is -2.17. The van der Waals surface area contributed by atoms with Crippen molar-refractivity contribution in [3.8, 4) is 0 Å². The number of likely N-dealkylation sites (N-methyl/N-ethyl adjacent to an activating group) is 1. The average Bonchev–Trinajstić information content (AvgIpc) is 2.61. The van der Waals surface area contributed by atoms with Gasteiger partial charge in [-0.25, -0.2) is 0 Å². The molecule has 0 saturated heterocycles. The summed E-state index contributed by atoms with van der Waals surface area (Å²) in [5.41, 5.74) is 1.62. The first-order valence-corrected chi connectivity index (χ1v) is 5.64. The van der Waals surface area contributed by atoms with E-state index < -0.39 is 0 Å². The summed E-state index contributed by atoms with van der Waals surface area (Å²) in [5.74, 6) is 0. The van der Waals surface area contributed by atoms with Gasteiger partial charge in [-0.2, -0.15) is 0 Å². The highest BCUT2D eigenvalue weighted by Gasteiger charge is 2.54. The Labute approximate surface area is 81.9 Å². The maximum absolute atomic E-state index is 6.06. The van der Waals surface area contributed by atoms with E-state index in [0.29, 0.717) is 6.10 Å². The molecule has 70 valence electrons. The minimum absolute atomic E-state index is 0.150. The Kier molecular flexibility index (Phi) is 1.57. The highest BCUT2D eigenvalue weighted by molar-refractivity contribution is 7.10. The van der Waals surface area contributed by atoms with Crippen LogP contribution in [0.1, 0.15) is 29.4 Å². The van der Waals surface area contributed by atoms with Gasteiger partial charge in [0.15, 0.2) is 0 Å². The van der Waals surface area contributed by atoms with Crippen LogP contribution in [-0.4, -0.2) is 13.6 Å². The number of ether oxygens (including phenoxy) is 1. The van der Waals surface area contributed by atoms with E-state index in [1.165, 1.54) is 23.3 Å². The van der Waals surface area contributed by atoms with Gasteiger partial charge >= 0.3 is 0 Å². The molecule has 0 aromatic carbocycles. The van der Waals surface area contributed by atoms with E-state index >= 15 is 0 Å². The van der Waals surface area contributed by atoms with Crippen LogP contribution in [-0.2, 0) is 10.3 Å². The van der Waals surface area contributed by atoms with Crippen LogP contribution in [0, 0.1) is 0 Å². The molecule has 2 heterocycles. The number of hydrogen-bond donors (Lipinski definition) is 1. The van der Waals surface area contributed by atoms with Gasteiger partial charge in [0, 0.05) is 17.0 Å². The molecule has 13 heavy (non-hydrogen) atoms. The summed E-state index contributed by atoms with van der Waals surface area (Å²) < 4.78 is 6.06. The van der Waals surface area contributed by atoms with Gasteiger partial charge < -0.3 is 10.1 Å². The summed E-state index contributed by atoms with van der Waals surface area (Å²) in [6.45, 7) is 0.940. The van der Waals surface area contributed by atoms with Gasteiger partial charge in [-0.3, -0.25) is 0 Å². The lowest BCUT2D eigenvalue weighted by Gasteiger charge is -2.12. The first-order valence-electron chi connectivity index (χ1n) is 4.76. The Bertz CT molecular complexity index is 329. The molecule has 1 aromatic heterocycles. The molecule has 1 saturated carbocycles.